The molecule has 1 aromatic rings. The minimum atomic E-state index is -0.346. The number of ether oxygens (including phenoxy) is 1. The number of hydrogen-bond acceptors (Lipinski definition) is 5. The summed E-state index contributed by atoms with van der Waals surface area (Å²) in [5, 5.41) is 11.1. The van der Waals surface area contributed by atoms with Crippen LogP contribution in [0.15, 0.2) is 22.7 Å². The van der Waals surface area contributed by atoms with Crippen LogP contribution in [0.1, 0.15) is 5.56 Å². The maximum atomic E-state index is 11.1. The summed E-state index contributed by atoms with van der Waals surface area (Å²) in [7, 11) is 0. The van der Waals surface area contributed by atoms with Gasteiger partial charge in [-0.3, -0.25) is 15.0 Å². The quantitative estimate of drug-likeness (QED) is 0.669. The second-order valence-corrected chi connectivity index (χ2v) is 5.41. The molecule has 1 aromatic carbocycles. The normalized spacial score (nSPS) is 20.4. The molecule has 1 saturated heterocycles. The largest absolute Gasteiger partial charge is 0.374 e. The molecular formula is C12H16BrN3O3. The van der Waals surface area contributed by atoms with Gasteiger partial charge in [0.05, 0.1) is 17.6 Å². The molecule has 0 spiro atoms. The first-order chi connectivity index (χ1) is 9.10. The molecule has 0 radical (unpaired) electrons. The molecule has 2 N–H and O–H groups in total. The Labute approximate surface area is 119 Å². The van der Waals surface area contributed by atoms with Gasteiger partial charge in [-0.25, -0.2) is 0 Å². The number of rotatable bonds is 4. The minimum absolute atomic E-state index is 0.0169. The van der Waals surface area contributed by atoms with E-state index < -0.39 is 0 Å². The van der Waals surface area contributed by atoms with Crippen LogP contribution in [0.3, 0.4) is 0 Å². The maximum Gasteiger partial charge on any atom is 0.275 e. The highest BCUT2D eigenvalue weighted by molar-refractivity contribution is 9.10. The first-order valence-electron chi connectivity index (χ1n) is 6.07. The van der Waals surface area contributed by atoms with Gasteiger partial charge in [0.25, 0.3) is 5.69 Å². The third-order valence-electron chi connectivity index (χ3n) is 3.12. The van der Waals surface area contributed by atoms with Crippen LogP contribution in [-0.2, 0) is 11.3 Å². The fourth-order valence-electron chi connectivity index (χ4n) is 2.15. The number of nitro benzene ring substituents is 1. The lowest BCUT2D eigenvalue weighted by Crippen LogP contribution is -2.45. The van der Waals surface area contributed by atoms with Gasteiger partial charge in [0.1, 0.15) is 0 Å². The second-order valence-electron chi connectivity index (χ2n) is 4.49. The lowest BCUT2D eigenvalue weighted by atomic mass is 10.1. The molecule has 0 bridgehead atoms. The minimum Gasteiger partial charge on any atom is -0.374 e. The average Bonchev–Trinajstić information content (AvgIpc) is 2.41. The summed E-state index contributed by atoms with van der Waals surface area (Å²) in [5.41, 5.74) is 6.45. The predicted octanol–water partition coefficient (Wildman–Crippen LogP) is 1.52. The van der Waals surface area contributed by atoms with Gasteiger partial charge < -0.3 is 10.5 Å². The maximum absolute atomic E-state index is 11.1. The van der Waals surface area contributed by atoms with Crippen LogP contribution in [0, 0.1) is 10.1 Å². The zero-order chi connectivity index (χ0) is 13.8. The van der Waals surface area contributed by atoms with Gasteiger partial charge in [0.15, 0.2) is 0 Å². The zero-order valence-corrected chi connectivity index (χ0v) is 12.0. The van der Waals surface area contributed by atoms with E-state index in [-0.39, 0.29) is 16.7 Å². The standard InChI is InChI=1S/C12H16BrN3O3/c13-10-2-1-9(12(5-10)16(17)18)7-15-3-4-19-11(6-14)8-15/h1-2,5,11H,3-4,6-8,14H2. The van der Waals surface area contributed by atoms with Crippen molar-refractivity contribution in [2.45, 2.75) is 12.6 Å². The molecule has 0 amide bonds. The van der Waals surface area contributed by atoms with Gasteiger partial charge >= 0.3 is 0 Å². The summed E-state index contributed by atoms with van der Waals surface area (Å²) >= 11 is 3.26. The van der Waals surface area contributed by atoms with Gasteiger partial charge in [-0.2, -0.15) is 0 Å². The van der Waals surface area contributed by atoms with Crippen LogP contribution < -0.4 is 5.73 Å². The lowest BCUT2D eigenvalue weighted by Gasteiger charge is -2.32. The van der Waals surface area contributed by atoms with E-state index in [0.717, 1.165) is 6.54 Å². The van der Waals surface area contributed by atoms with Gasteiger partial charge in [-0.15, -0.1) is 0 Å². The Balaban J connectivity index is 2.12. The van der Waals surface area contributed by atoms with E-state index in [2.05, 4.69) is 20.8 Å². The highest BCUT2D eigenvalue weighted by Crippen LogP contribution is 2.25. The Hall–Kier alpha value is -1.02. The smallest absolute Gasteiger partial charge is 0.275 e. The van der Waals surface area contributed by atoms with E-state index in [1.807, 2.05) is 6.07 Å². The van der Waals surface area contributed by atoms with Crippen molar-refractivity contribution in [3.8, 4) is 0 Å². The number of hydrogen-bond donors (Lipinski definition) is 1. The van der Waals surface area contributed by atoms with E-state index in [1.54, 1.807) is 6.07 Å². The molecule has 0 aliphatic carbocycles. The fraction of sp³-hybridized carbons (Fsp3) is 0.500. The van der Waals surface area contributed by atoms with Crippen molar-refractivity contribution in [2.24, 2.45) is 5.73 Å². The van der Waals surface area contributed by atoms with E-state index in [4.69, 9.17) is 10.5 Å². The second kappa shape index (κ2) is 6.42. The molecule has 1 heterocycles. The Kier molecular flexibility index (Phi) is 4.87. The van der Waals surface area contributed by atoms with Crippen LogP contribution in [-0.4, -0.2) is 42.2 Å². The van der Waals surface area contributed by atoms with Crippen LogP contribution >= 0.6 is 15.9 Å². The van der Waals surface area contributed by atoms with E-state index in [0.29, 0.717) is 36.3 Å². The van der Waals surface area contributed by atoms with Gasteiger partial charge in [-0.05, 0) is 12.1 Å². The summed E-state index contributed by atoms with van der Waals surface area (Å²) in [6.45, 7) is 3.11. The van der Waals surface area contributed by atoms with Crippen LogP contribution in [0.4, 0.5) is 5.69 Å². The zero-order valence-electron chi connectivity index (χ0n) is 10.4. The molecule has 6 nitrogen and oxygen atoms in total. The number of nitro groups is 1. The summed E-state index contributed by atoms with van der Waals surface area (Å²) in [6.07, 6.45) is 0.0169. The van der Waals surface area contributed by atoms with Crippen LogP contribution in [0.25, 0.3) is 0 Å². The lowest BCUT2D eigenvalue weighted by molar-refractivity contribution is -0.385. The molecule has 1 atom stereocenters. The van der Waals surface area contributed by atoms with Gasteiger partial charge in [0, 0.05) is 42.3 Å². The Morgan fingerprint density at radius 3 is 3.05 bits per heavy atom. The SMILES string of the molecule is NCC1CN(Cc2ccc(Br)cc2[N+](=O)[O-])CCO1. The van der Waals surface area contributed by atoms with Crippen molar-refractivity contribution in [1.82, 2.24) is 4.90 Å². The van der Waals surface area contributed by atoms with Gasteiger partial charge in [0.2, 0.25) is 0 Å². The van der Waals surface area contributed by atoms with Crippen LogP contribution in [0.2, 0.25) is 0 Å². The third-order valence-corrected chi connectivity index (χ3v) is 3.62. The van der Waals surface area contributed by atoms with Gasteiger partial charge in [-0.1, -0.05) is 15.9 Å². The van der Waals surface area contributed by atoms with Crippen molar-refractivity contribution in [1.29, 1.82) is 0 Å². The molecule has 19 heavy (non-hydrogen) atoms. The van der Waals surface area contributed by atoms with Crippen LogP contribution in [0.5, 0.6) is 0 Å². The van der Waals surface area contributed by atoms with E-state index >= 15 is 0 Å². The van der Waals surface area contributed by atoms with Crippen molar-refractivity contribution in [3.05, 3.63) is 38.3 Å². The van der Waals surface area contributed by atoms with E-state index in [1.165, 1.54) is 6.07 Å². The highest BCUT2D eigenvalue weighted by Gasteiger charge is 2.22. The highest BCUT2D eigenvalue weighted by atomic mass is 79.9. The average molecular weight is 330 g/mol. The molecular weight excluding hydrogens is 314 g/mol. The van der Waals surface area contributed by atoms with Crippen molar-refractivity contribution >= 4 is 21.6 Å². The Morgan fingerprint density at radius 2 is 2.37 bits per heavy atom. The number of nitrogens with zero attached hydrogens (tertiary/aromatic N) is 2. The monoisotopic (exact) mass is 329 g/mol. The first-order valence-corrected chi connectivity index (χ1v) is 6.86. The van der Waals surface area contributed by atoms with Crippen molar-refractivity contribution in [3.63, 3.8) is 0 Å². The molecule has 0 aromatic heterocycles. The molecule has 1 aliphatic rings. The molecule has 1 unspecified atom stereocenters. The number of halogens is 1. The third kappa shape index (κ3) is 3.73. The molecule has 1 fully saturated rings. The summed E-state index contributed by atoms with van der Waals surface area (Å²) in [6, 6.07) is 5.15. The molecule has 7 heteroatoms. The topological polar surface area (TPSA) is 81.6 Å². The summed E-state index contributed by atoms with van der Waals surface area (Å²) in [5.74, 6) is 0. The fourth-order valence-corrected chi connectivity index (χ4v) is 2.50. The molecule has 2 rings (SSSR count). The predicted molar refractivity (Wildman–Crippen MR) is 74.9 cm³/mol. The molecule has 104 valence electrons. The number of morpholine rings is 1. The van der Waals surface area contributed by atoms with Crippen molar-refractivity contribution in [2.75, 3.05) is 26.2 Å². The molecule has 0 saturated carbocycles. The number of nitrogens with two attached hydrogens (primary N) is 1. The van der Waals surface area contributed by atoms with Crippen molar-refractivity contribution < 1.29 is 9.66 Å². The first kappa shape index (κ1) is 14.4. The molecule has 1 aliphatic heterocycles. The van der Waals surface area contributed by atoms with E-state index in [9.17, 15) is 10.1 Å². The number of benzene rings is 1. The summed E-state index contributed by atoms with van der Waals surface area (Å²) in [4.78, 5) is 12.8. The Morgan fingerprint density at radius 1 is 1.58 bits per heavy atom. The Bertz CT molecular complexity index is 470. The summed E-state index contributed by atoms with van der Waals surface area (Å²) < 4.78 is 6.20.